The number of nitrogens with one attached hydrogen (secondary N) is 3. The Hall–Kier alpha value is -2.96. The maximum atomic E-state index is 12.6. The van der Waals surface area contributed by atoms with Crippen LogP contribution in [0.1, 0.15) is 24.2 Å². The first-order valence-corrected chi connectivity index (χ1v) is 11.9. The molecule has 0 fully saturated rings. The number of hydrogen-bond acceptors (Lipinski definition) is 6. The second kappa shape index (κ2) is 9.67. The molecule has 0 bridgehead atoms. The number of aromatic amines is 2. The van der Waals surface area contributed by atoms with E-state index in [4.69, 9.17) is 4.74 Å². The van der Waals surface area contributed by atoms with E-state index in [2.05, 4.69) is 31.2 Å². The van der Waals surface area contributed by atoms with Crippen LogP contribution in [0.2, 0.25) is 0 Å². The predicted molar refractivity (Wildman–Crippen MR) is 122 cm³/mol. The van der Waals surface area contributed by atoms with Crippen LogP contribution in [0.3, 0.4) is 0 Å². The van der Waals surface area contributed by atoms with Gasteiger partial charge in [0.25, 0.3) is 5.91 Å². The second-order valence-electron chi connectivity index (χ2n) is 6.70. The molecule has 32 heavy (non-hydrogen) atoms. The van der Waals surface area contributed by atoms with Gasteiger partial charge in [-0.3, -0.25) is 4.79 Å². The largest absolute Gasteiger partial charge is 0.452 e. The summed E-state index contributed by atoms with van der Waals surface area (Å²) in [4.78, 5) is 41.2. The number of benzene rings is 2. The fourth-order valence-corrected chi connectivity index (χ4v) is 5.00. The molecule has 12 heteroatoms. The van der Waals surface area contributed by atoms with Gasteiger partial charge in [-0.2, -0.15) is 4.31 Å². The van der Waals surface area contributed by atoms with Crippen molar-refractivity contribution in [3.63, 3.8) is 0 Å². The lowest BCUT2D eigenvalue weighted by atomic mass is 10.2. The van der Waals surface area contributed by atoms with Gasteiger partial charge in [-0.15, -0.1) is 0 Å². The van der Waals surface area contributed by atoms with Crippen molar-refractivity contribution in [1.82, 2.24) is 14.3 Å². The quantitative estimate of drug-likeness (QED) is 0.386. The highest BCUT2D eigenvalue weighted by atomic mass is 79.9. The Morgan fingerprint density at radius 2 is 1.75 bits per heavy atom. The second-order valence-corrected chi connectivity index (χ2v) is 9.49. The highest BCUT2D eigenvalue weighted by Gasteiger charge is 2.23. The number of esters is 1. The van der Waals surface area contributed by atoms with Gasteiger partial charge >= 0.3 is 11.7 Å². The van der Waals surface area contributed by atoms with Crippen molar-refractivity contribution in [1.29, 1.82) is 0 Å². The van der Waals surface area contributed by atoms with Gasteiger partial charge in [0.1, 0.15) is 0 Å². The molecule has 10 nitrogen and oxygen atoms in total. The number of H-pyrrole nitrogens is 2. The number of carbonyl (C=O) groups is 2. The number of carbonyl (C=O) groups excluding carboxylic acids is 2. The first-order valence-electron chi connectivity index (χ1n) is 9.64. The molecule has 0 saturated heterocycles. The molecule has 0 aliphatic heterocycles. The number of fused-ring (bicyclic) bond motifs is 1. The van der Waals surface area contributed by atoms with Crippen LogP contribution in [0.25, 0.3) is 11.0 Å². The monoisotopic (exact) mass is 524 g/mol. The third-order valence-electron chi connectivity index (χ3n) is 4.62. The van der Waals surface area contributed by atoms with E-state index < -0.39 is 28.5 Å². The molecule has 0 aliphatic carbocycles. The van der Waals surface area contributed by atoms with Gasteiger partial charge in [-0.25, -0.2) is 18.0 Å². The normalized spacial score (nSPS) is 11.6. The van der Waals surface area contributed by atoms with Crippen molar-refractivity contribution in [2.24, 2.45) is 0 Å². The van der Waals surface area contributed by atoms with Crippen LogP contribution in [0.4, 0.5) is 5.69 Å². The van der Waals surface area contributed by atoms with E-state index in [0.29, 0.717) is 34.3 Å². The Balaban J connectivity index is 1.68. The first kappa shape index (κ1) is 23.7. The van der Waals surface area contributed by atoms with Gasteiger partial charge in [0.05, 0.1) is 27.2 Å². The highest BCUT2D eigenvalue weighted by Crippen LogP contribution is 2.26. The SMILES string of the molecule is CCN(CC)S(=O)(=O)c1cccc(C(=O)OCC(=O)Nc2cc3[nH]c(=O)[nH]c3cc2Br)c1. The third-order valence-corrected chi connectivity index (χ3v) is 7.33. The lowest BCUT2D eigenvalue weighted by Gasteiger charge is -2.18. The van der Waals surface area contributed by atoms with Crippen molar-refractivity contribution in [2.75, 3.05) is 25.0 Å². The van der Waals surface area contributed by atoms with E-state index >= 15 is 0 Å². The molecule has 0 spiro atoms. The summed E-state index contributed by atoms with van der Waals surface area (Å²) >= 11 is 3.30. The average molecular weight is 525 g/mol. The van der Waals surface area contributed by atoms with Gasteiger partial charge in [-0.1, -0.05) is 19.9 Å². The Bertz CT molecular complexity index is 1330. The molecule has 3 aromatic rings. The summed E-state index contributed by atoms with van der Waals surface area (Å²) in [6.45, 7) is 3.46. The molecule has 3 N–H and O–H groups in total. The van der Waals surface area contributed by atoms with Gasteiger partial charge in [0, 0.05) is 17.6 Å². The molecule has 1 amide bonds. The number of anilines is 1. The molecule has 2 aromatic carbocycles. The predicted octanol–water partition coefficient (Wildman–Crippen LogP) is 2.44. The summed E-state index contributed by atoms with van der Waals surface area (Å²) in [5, 5.41) is 2.58. The number of rotatable bonds is 8. The van der Waals surface area contributed by atoms with Crippen LogP contribution in [0, 0.1) is 0 Å². The van der Waals surface area contributed by atoms with Gasteiger partial charge in [0.15, 0.2) is 6.61 Å². The number of halogens is 1. The minimum absolute atomic E-state index is 0.0125. The number of nitrogens with zero attached hydrogens (tertiary/aromatic N) is 1. The van der Waals surface area contributed by atoms with Crippen molar-refractivity contribution >= 4 is 54.6 Å². The van der Waals surface area contributed by atoms with Gasteiger partial charge in [0.2, 0.25) is 10.0 Å². The van der Waals surface area contributed by atoms with Crippen LogP contribution < -0.4 is 11.0 Å². The van der Waals surface area contributed by atoms with Gasteiger partial charge < -0.3 is 20.0 Å². The lowest BCUT2D eigenvalue weighted by molar-refractivity contribution is -0.119. The maximum absolute atomic E-state index is 12.6. The molecule has 1 heterocycles. The first-order chi connectivity index (χ1) is 15.1. The Morgan fingerprint density at radius 3 is 2.41 bits per heavy atom. The molecule has 1 aromatic heterocycles. The molecule has 170 valence electrons. The molecular weight excluding hydrogens is 504 g/mol. The van der Waals surface area contributed by atoms with E-state index in [0.717, 1.165) is 0 Å². The molecule has 0 saturated carbocycles. The van der Waals surface area contributed by atoms with E-state index in [1.165, 1.54) is 28.6 Å². The van der Waals surface area contributed by atoms with Crippen LogP contribution >= 0.6 is 15.9 Å². The summed E-state index contributed by atoms with van der Waals surface area (Å²) in [5.41, 5.74) is 1.07. The number of ether oxygens (including phenoxy) is 1. The van der Waals surface area contributed by atoms with Crippen LogP contribution in [0.5, 0.6) is 0 Å². The number of hydrogen-bond donors (Lipinski definition) is 3. The Morgan fingerprint density at radius 1 is 1.09 bits per heavy atom. The fraction of sp³-hybridized carbons (Fsp3) is 0.250. The third kappa shape index (κ3) is 5.09. The molecule has 0 aliphatic rings. The van der Waals surface area contributed by atoms with Gasteiger partial charge in [-0.05, 0) is 46.3 Å². The minimum atomic E-state index is -3.74. The van der Waals surface area contributed by atoms with Crippen molar-refractivity contribution in [3.05, 3.63) is 56.9 Å². The average Bonchev–Trinajstić information content (AvgIpc) is 3.11. The number of sulfonamides is 1. The summed E-state index contributed by atoms with van der Waals surface area (Å²) in [6, 6.07) is 8.65. The summed E-state index contributed by atoms with van der Waals surface area (Å²) in [5.74, 6) is -1.44. The fourth-order valence-electron chi connectivity index (χ4n) is 3.05. The van der Waals surface area contributed by atoms with E-state index in [1.54, 1.807) is 26.0 Å². The molecule has 0 atom stereocenters. The van der Waals surface area contributed by atoms with Crippen LogP contribution in [0.15, 0.2) is 50.6 Å². The lowest BCUT2D eigenvalue weighted by Crippen LogP contribution is -2.30. The Labute approximate surface area is 192 Å². The van der Waals surface area contributed by atoms with Crippen molar-refractivity contribution < 1.29 is 22.7 Å². The molecule has 0 unspecified atom stereocenters. The molecular formula is C20H21BrN4O6S. The summed E-state index contributed by atoms with van der Waals surface area (Å²) in [7, 11) is -3.74. The number of imidazole rings is 1. The smallest absolute Gasteiger partial charge is 0.338 e. The standard InChI is InChI=1S/C20H21BrN4O6S/c1-3-25(4-2)32(29,30)13-7-5-6-12(8-13)19(27)31-11-18(26)22-15-10-17-16(9-14(15)21)23-20(28)24-17/h5-10H,3-4,11H2,1-2H3,(H,22,26)(H2,23,24,28). The topological polar surface area (TPSA) is 141 Å². The van der Waals surface area contributed by atoms with Crippen LogP contribution in [-0.2, 0) is 19.6 Å². The van der Waals surface area contributed by atoms with E-state index in [9.17, 15) is 22.8 Å². The molecule has 3 rings (SSSR count). The highest BCUT2D eigenvalue weighted by molar-refractivity contribution is 9.10. The van der Waals surface area contributed by atoms with Crippen molar-refractivity contribution in [2.45, 2.75) is 18.7 Å². The number of amides is 1. The number of aromatic nitrogens is 2. The zero-order chi connectivity index (χ0) is 23.5. The van der Waals surface area contributed by atoms with Crippen LogP contribution in [-0.4, -0.2) is 54.3 Å². The van der Waals surface area contributed by atoms with Crippen molar-refractivity contribution in [3.8, 4) is 0 Å². The Kier molecular flexibility index (Phi) is 7.16. The zero-order valence-corrected chi connectivity index (χ0v) is 19.7. The molecule has 0 radical (unpaired) electrons. The summed E-state index contributed by atoms with van der Waals surface area (Å²) in [6.07, 6.45) is 0. The zero-order valence-electron chi connectivity index (χ0n) is 17.3. The summed E-state index contributed by atoms with van der Waals surface area (Å²) < 4.78 is 32.1. The van der Waals surface area contributed by atoms with E-state index in [1.807, 2.05) is 0 Å². The van der Waals surface area contributed by atoms with E-state index in [-0.39, 0.29) is 16.1 Å². The maximum Gasteiger partial charge on any atom is 0.338 e. The minimum Gasteiger partial charge on any atom is -0.452 e.